The minimum absolute atomic E-state index is 0.0363. The molecule has 0 saturated heterocycles. The monoisotopic (exact) mass is 313 g/mol. The first-order chi connectivity index (χ1) is 10.2. The van der Waals surface area contributed by atoms with E-state index in [2.05, 4.69) is 0 Å². The Balaban J connectivity index is 2.52. The minimum Gasteiger partial charge on any atom is -0.466 e. The van der Waals surface area contributed by atoms with Gasteiger partial charge in [0.25, 0.3) is 5.91 Å². The van der Waals surface area contributed by atoms with Crippen molar-refractivity contribution in [2.45, 2.75) is 26.7 Å². The maximum Gasteiger partial charge on any atom is 0.307 e. The molecular formula is C15H23NO4S. The number of nitrogens with zero attached hydrogens (tertiary/aromatic N) is 1. The summed E-state index contributed by atoms with van der Waals surface area (Å²) in [5.41, 5.74) is 0. The van der Waals surface area contributed by atoms with Crippen LogP contribution in [0.1, 0.15) is 36.4 Å². The van der Waals surface area contributed by atoms with Crippen LogP contribution in [0.2, 0.25) is 0 Å². The van der Waals surface area contributed by atoms with E-state index in [9.17, 15) is 9.59 Å². The molecule has 0 saturated carbocycles. The maximum atomic E-state index is 12.4. The van der Waals surface area contributed by atoms with Crippen LogP contribution < -0.4 is 0 Å². The molecule has 1 heterocycles. The van der Waals surface area contributed by atoms with Gasteiger partial charge in [-0.3, -0.25) is 9.59 Å². The molecule has 1 aromatic rings. The predicted molar refractivity (Wildman–Crippen MR) is 82.6 cm³/mol. The quantitative estimate of drug-likeness (QED) is 0.492. The summed E-state index contributed by atoms with van der Waals surface area (Å²) < 4.78 is 10.2. The molecule has 1 aromatic heterocycles. The topological polar surface area (TPSA) is 55.8 Å². The van der Waals surface area contributed by atoms with Crippen LogP contribution in [0.25, 0.3) is 0 Å². The van der Waals surface area contributed by atoms with Gasteiger partial charge in [-0.05, 0) is 31.7 Å². The molecular weight excluding hydrogens is 290 g/mol. The number of hydrogen-bond donors (Lipinski definition) is 0. The Labute approximate surface area is 129 Å². The van der Waals surface area contributed by atoms with Gasteiger partial charge in [-0.1, -0.05) is 6.07 Å². The molecule has 118 valence electrons. The van der Waals surface area contributed by atoms with Crippen molar-refractivity contribution < 1.29 is 19.1 Å². The largest absolute Gasteiger partial charge is 0.466 e. The molecule has 0 atom stereocenters. The van der Waals surface area contributed by atoms with Crippen LogP contribution in [0.5, 0.6) is 0 Å². The highest BCUT2D eigenvalue weighted by Crippen LogP contribution is 2.13. The molecule has 0 radical (unpaired) electrons. The second-order valence-corrected chi connectivity index (χ2v) is 5.32. The smallest absolute Gasteiger partial charge is 0.307 e. The lowest BCUT2D eigenvalue weighted by Gasteiger charge is -2.21. The SMILES string of the molecule is CCOCCCN(CCC(=O)OCC)C(=O)c1cccs1. The molecule has 0 N–H and O–H groups in total. The van der Waals surface area contributed by atoms with Gasteiger partial charge in [-0.25, -0.2) is 0 Å². The number of amides is 1. The fourth-order valence-corrected chi connectivity index (χ4v) is 2.52. The molecule has 0 fully saturated rings. The number of hydrogen-bond acceptors (Lipinski definition) is 5. The highest BCUT2D eigenvalue weighted by Gasteiger charge is 2.17. The van der Waals surface area contributed by atoms with E-state index in [0.717, 1.165) is 6.42 Å². The number of ether oxygens (including phenoxy) is 2. The Morgan fingerprint density at radius 2 is 2.05 bits per heavy atom. The lowest BCUT2D eigenvalue weighted by molar-refractivity contribution is -0.143. The predicted octanol–water partition coefficient (Wildman–Crippen LogP) is 2.57. The van der Waals surface area contributed by atoms with E-state index in [4.69, 9.17) is 9.47 Å². The standard InChI is InChI=1S/C15H23NO4S/c1-3-19-11-6-9-16(10-8-14(17)20-4-2)15(18)13-7-5-12-21-13/h5,7,12H,3-4,6,8-11H2,1-2H3. The van der Waals surface area contributed by atoms with Gasteiger partial charge in [0.15, 0.2) is 0 Å². The Morgan fingerprint density at radius 3 is 2.67 bits per heavy atom. The third-order valence-electron chi connectivity index (χ3n) is 2.83. The molecule has 6 heteroatoms. The van der Waals surface area contributed by atoms with Crippen molar-refractivity contribution in [2.75, 3.05) is 32.9 Å². The van der Waals surface area contributed by atoms with Crippen LogP contribution in [-0.2, 0) is 14.3 Å². The molecule has 0 unspecified atom stereocenters. The van der Waals surface area contributed by atoms with Gasteiger partial charge < -0.3 is 14.4 Å². The molecule has 21 heavy (non-hydrogen) atoms. The van der Waals surface area contributed by atoms with Crippen molar-refractivity contribution in [3.05, 3.63) is 22.4 Å². The van der Waals surface area contributed by atoms with Gasteiger partial charge in [0.2, 0.25) is 0 Å². The lowest BCUT2D eigenvalue weighted by Crippen LogP contribution is -2.34. The number of rotatable bonds is 10. The van der Waals surface area contributed by atoms with Crippen LogP contribution in [-0.4, -0.2) is 49.7 Å². The van der Waals surface area contributed by atoms with E-state index >= 15 is 0 Å². The van der Waals surface area contributed by atoms with Crippen LogP contribution in [0.3, 0.4) is 0 Å². The van der Waals surface area contributed by atoms with E-state index in [0.29, 0.717) is 37.8 Å². The zero-order valence-corrected chi connectivity index (χ0v) is 13.5. The van der Waals surface area contributed by atoms with E-state index in [1.807, 2.05) is 18.4 Å². The summed E-state index contributed by atoms with van der Waals surface area (Å²) in [5.74, 6) is -0.308. The molecule has 1 rings (SSSR count). The van der Waals surface area contributed by atoms with Crippen molar-refractivity contribution >= 4 is 23.2 Å². The van der Waals surface area contributed by atoms with Gasteiger partial charge in [0.05, 0.1) is 17.9 Å². The highest BCUT2D eigenvalue weighted by molar-refractivity contribution is 7.12. The molecule has 1 amide bonds. The fourth-order valence-electron chi connectivity index (χ4n) is 1.83. The normalized spacial score (nSPS) is 10.4. The maximum absolute atomic E-state index is 12.4. The van der Waals surface area contributed by atoms with Gasteiger partial charge in [-0.15, -0.1) is 11.3 Å². The van der Waals surface area contributed by atoms with Crippen LogP contribution in [0.15, 0.2) is 17.5 Å². The van der Waals surface area contributed by atoms with Crippen molar-refractivity contribution in [1.82, 2.24) is 4.90 Å². The molecule has 0 aliphatic rings. The molecule has 0 aliphatic heterocycles. The van der Waals surface area contributed by atoms with Crippen molar-refractivity contribution in [3.63, 3.8) is 0 Å². The highest BCUT2D eigenvalue weighted by atomic mass is 32.1. The first kappa shape index (κ1) is 17.7. The number of carbonyl (C=O) groups is 2. The molecule has 5 nitrogen and oxygen atoms in total. The summed E-state index contributed by atoms with van der Waals surface area (Å²) in [6.45, 7) is 6.32. The second kappa shape index (κ2) is 10.3. The van der Waals surface area contributed by atoms with Gasteiger partial charge in [0.1, 0.15) is 0 Å². The molecule has 0 bridgehead atoms. The third kappa shape index (κ3) is 6.73. The van der Waals surface area contributed by atoms with Crippen LogP contribution in [0.4, 0.5) is 0 Å². The van der Waals surface area contributed by atoms with Crippen LogP contribution in [0, 0.1) is 0 Å². The van der Waals surface area contributed by atoms with Gasteiger partial charge >= 0.3 is 5.97 Å². The number of thiophene rings is 1. The first-order valence-electron chi connectivity index (χ1n) is 7.25. The summed E-state index contributed by atoms with van der Waals surface area (Å²) in [5, 5.41) is 1.87. The Hall–Kier alpha value is -1.40. The second-order valence-electron chi connectivity index (χ2n) is 4.38. The van der Waals surface area contributed by atoms with Crippen molar-refractivity contribution in [2.24, 2.45) is 0 Å². The van der Waals surface area contributed by atoms with E-state index in [1.54, 1.807) is 17.9 Å². The Bertz CT molecular complexity index is 419. The van der Waals surface area contributed by atoms with Gasteiger partial charge in [0, 0.05) is 26.3 Å². The zero-order valence-electron chi connectivity index (χ0n) is 12.7. The molecule has 0 aliphatic carbocycles. The zero-order chi connectivity index (χ0) is 15.5. The summed E-state index contributed by atoms with van der Waals surface area (Å²) in [6, 6.07) is 3.65. The van der Waals surface area contributed by atoms with Crippen molar-refractivity contribution in [3.8, 4) is 0 Å². The molecule has 0 spiro atoms. The van der Waals surface area contributed by atoms with E-state index in [-0.39, 0.29) is 18.3 Å². The summed E-state index contributed by atoms with van der Waals surface area (Å²) >= 11 is 1.41. The summed E-state index contributed by atoms with van der Waals surface area (Å²) in [7, 11) is 0. The average molecular weight is 313 g/mol. The van der Waals surface area contributed by atoms with Gasteiger partial charge in [-0.2, -0.15) is 0 Å². The van der Waals surface area contributed by atoms with Crippen molar-refractivity contribution in [1.29, 1.82) is 0 Å². The van der Waals surface area contributed by atoms with E-state index in [1.165, 1.54) is 11.3 Å². The minimum atomic E-state index is -0.272. The lowest BCUT2D eigenvalue weighted by atomic mass is 10.3. The Morgan fingerprint density at radius 1 is 1.24 bits per heavy atom. The number of carbonyl (C=O) groups excluding carboxylic acids is 2. The van der Waals surface area contributed by atoms with E-state index < -0.39 is 0 Å². The van der Waals surface area contributed by atoms with Crippen LogP contribution >= 0.6 is 11.3 Å². The fraction of sp³-hybridized carbons (Fsp3) is 0.600. The third-order valence-corrected chi connectivity index (χ3v) is 3.69. The number of esters is 1. The Kier molecular flexibility index (Phi) is 8.69. The summed E-state index contributed by atoms with van der Waals surface area (Å²) in [6.07, 6.45) is 0.980. The first-order valence-corrected chi connectivity index (χ1v) is 8.13. The molecule has 0 aromatic carbocycles. The summed E-state index contributed by atoms with van der Waals surface area (Å²) in [4.78, 5) is 26.2. The average Bonchev–Trinajstić information content (AvgIpc) is 3.00.